The largest absolute Gasteiger partial charge is 0.350 e. The minimum absolute atomic E-state index is 0.0399. The second-order valence-electron chi connectivity index (χ2n) is 10.6. The van der Waals surface area contributed by atoms with Gasteiger partial charge in [-0.05, 0) is 82.9 Å². The minimum atomic E-state index is -3.57. The zero-order valence-electron chi connectivity index (χ0n) is 23.3. The van der Waals surface area contributed by atoms with Gasteiger partial charge in [0.05, 0.1) is 11.9 Å². The van der Waals surface area contributed by atoms with Crippen molar-refractivity contribution in [2.75, 3.05) is 17.1 Å². The molecule has 210 valence electrons. The molecule has 0 bridgehead atoms. The van der Waals surface area contributed by atoms with Crippen molar-refractivity contribution in [3.63, 3.8) is 0 Å². The molecule has 0 aromatic heterocycles. The number of carbonyl (C=O) groups excluding carboxylic acids is 2. The molecule has 1 atom stereocenters. The number of nitrogens with zero attached hydrogens (tertiary/aromatic N) is 2. The van der Waals surface area contributed by atoms with Gasteiger partial charge in [0, 0.05) is 40.7 Å². The van der Waals surface area contributed by atoms with Crippen molar-refractivity contribution in [1.29, 1.82) is 0 Å². The summed E-state index contributed by atoms with van der Waals surface area (Å²) in [7, 11) is -3.57. The first-order valence-electron chi connectivity index (χ1n) is 12.6. The monoisotopic (exact) mass is 583 g/mol. The first-order chi connectivity index (χ1) is 17.5. The van der Waals surface area contributed by atoms with Crippen LogP contribution in [0.4, 0.5) is 5.69 Å². The van der Waals surface area contributed by atoms with Crippen LogP contribution in [0.3, 0.4) is 0 Å². The van der Waals surface area contributed by atoms with Crippen LogP contribution in [-0.4, -0.2) is 49.5 Å². The number of amides is 2. The van der Waals surface area contributed by atoms with Crippen molar-refractivity contribution in [2.24, 2.45) is 0 Å². The van der Waals surface area contributed by atoms with Crippen molar-refractivity contribution in [3.8, 4) is 0 Å². The van der Waals surface area contributed by atoms with Gasteiger partial charge in [-0.15, -0.1) is 0 Å². The molecule has 0 spiro atoms. The maximum atomic E-state index is 13.6. The van der Waals surface area contributed by atoms with Gasteiger partial charge in [0.15, 0.2) is 0 Å². The summed E-state index contributed by atoms with van der Waals surface area (Å²) in [6.07, 6.45) is 1.84. The quantitative estimate of drug-likeness (QED) is 0.358. The molecule has 0 saturated carbocycles. The Hall–Kier alpha value is -2.29. The van der Waals surface area contributed by atoms with Gasteiger partial charge in [-0.3, -0.25) is 13.9 Å². The number of carbonyl (C=O) groups is 2. The van der Waals surface area contributed by atoms with Crippen LogP contribution in [0, 0.1) is 13.8 Å². The summed E-state index contributed by atoms with van der Waals surface area (Å²) in [6, 6.07) is 9.82. The van der Waals surface area contributed by atoms with E-state index in [1.807, 2.05) is 53.7 Å². The van der Waals surface area contributed by atoms with Crippen molar-refractivity contribution < 1.29 is 18.0 Å². The summed E-state index contributed by atoms with van der Waals surface area (Å²) in [5.41, 5.74) is 2.66. The summed E-state index contributed by atoms with van der Waals surface area (Å²) in [5, 5.41) is 3.76. The van der Waals surface area contributed by atoms with E-state index in [0.717, 1.165) is 17.4 Å². The molecule has 0 aliphatic carbocycles. The third kappa shape index (κ3) is 8.89. The topological polar surface area (TPSA) is 86.8 Å². The normalized spacial score (nSPS) is 12.7. The van der Waals surface area contributed by atoms with Gasteiger partial charge in [-0.25, -0.2) is 8.42 Å². The fourth-order valence-corrected chi connectivity index (χ4v) is 5.58. The molecule has 0 saturated heterocycles. The van der Waals surface area contributed by atoms with Crippen LogP contribution in [0.5, 0.6) is 0 Å². The van der Waals surface area contributed by atoms with Crippen LogP contribution >= 0.6 is 23.2 Å². The van der Waals surface area contributed by atoms with Crippen LogP contribution in [0.25, 0.3) is 0 Å². The molecular formula is C28H39Cl2N3O4S. The van der Waals surface area contributed by atoms with E-state index >= 15 is 0 Å². The lowest BCUT2D eigenvalue weighted by molar-refractivity contribution is -0.142. The molecule has 0 radical (unpaired) electrons. The van der Waals surface area contributed by atoms with E-state index in [0.29, 0.717) is 27.7 Å². The van der Waals surface area contributed by atoms with Gasteiger partial charge >= 0.3 is 0 Å². The number of hydrogen-bond donors (Lipinski definition) is 1. The van der Waals surface area contributed by atoms with Crippen molar-refractivity contribution in [1.82, 2.24) is 10.2 Å². The van der Waals surface area contributed by atoms with E-state index in [2.05, 4.69) is 5.32 Å². The fraction of sp³-hybridized carbons (Fsp3) is 0.500. The molecule has 0 fully saturated rings. The van der Waals surface area contributed by atoms with E-state index in [-0.39, 0.29) is 37.7 Å². The van der Waals surface area contributed by atoms with Crippen molar-refractivity contribution >= 4 is 50.7 Å². The van der Waals surface area contributed by atoms with Crippen LogP contribution in [0.2, 0.25) is 10.0 Å². The Morgan fingerprint density at radius 1 is 1.03 bits per heavy atom. The number of halogens is 2. The van der Waals surface area contributed by atoms with Gasteiger partial charge in [0.2, 0.25) is 21.8 Å². The highest BCUT2D eigenvalue weighted by atomic mass is 35.5. The lowest BCUT2D eigenvalue weighted by atomic mass is 10.0. The molecule has 10 heteroatoms. The third-order valence-corrected chi connectivity index (χ3v) is 8.11. The van der Waals surface area contributed by atoms with Gasteiger partial charge in [-0.1, -0.05) is 42.3 Å². The van der Waals surface area contributed by atoms with Crippen LogP contribution in [-0.2, 0) is 26.2 Å². The van der Waals surface area contributed by atoms with Gasteiger partial charge in [0.1, 0.15) is 6.04 Å². The number of nitrogens with one attached hydrogen (secondary N) is 1. The van der Waals surface area contributed by atoms with Crippen molar-refractivity contribution in [2.45, 2.75) is 78.9 Å². The zero-order valence-corrected chi connectivity index (χ0v) is 25.6. The van der Waals surface area contributed by atoms with Gasteiger partial charge in [0.25, 0.3) is 0 Å². The number of benzene rings is 2. The molecule has 2 aromatic rings. The van der Waals surface area contributed by atoms with Gasteiger partial charge < -0.3 is 10.2 Å². The first kappa shape index (κ1) is 31.9. The predicted molar refractivity (Wildman–Crippen MR) is 156 cm³/mol. The Balaban J connectivity index is 2.31. The zero-order chi connectivity index (χ0) is 28.8. The highest BCUT2D eigenvalue weighted by molar-refractivity contribution is 7.92. The number of anilines is 1. The Kier molecular flexibility index (Phi) is 11.1. The standard InChI is InChI=1S/C28H39Cl2N3O4S/c1-8-25(27(35)31-28(4,5)6)32(18-22-23(29)11-9-12-24(22)30)26(34)13-10-16-33(38(7,36)37)21-15-14-19(2)20(3)17-21/h9,11-12,14-15,17,25H,8,10,13,16,18H2,1-7H3,(H,31,35)/t25-/m1/s1. The van der Waals surface area contributed by atoms with Crippen LogP contribution < -0.4 is 9.62 Å². The van der Waals surface area contributed by atoms with Crippen molar-refractivity contribution in [3.05, 3.63) is 63.1 Å². The third-order valence-electron chi connectivity index (χ3n) is 6.20. The minimum Gasteiger partial charge on any atom is -0.350 e. The number of sulfonamides is 1. The van der Waals surface area contributed by atoms with E-state index in [4.69, 9.17) is 23.2 Å². The first-order valence-corrected chi connectivity index (χ1v) is 15.2. The Morgan fingerprint density at radius 2 is 1.63 bits per heavy atom. The molecule has 2 rings (SSSR count). The fourth-order valence-electron chi connectivity index (χ4n) is 4.11. The lowest BCUT2D eigenvalue weighted by Gasteiger charge is -2.33. The van der Waals surface area contributed by atoms with Crippen LogP contribution in [0.1, 0.15) is 63.6 Å². The summed E-state index contributed by atoms with van der Waals surface area (Å²) in [5.74, 6) is -0.560. The number of rotatable bonds is 11. The Labute approximate surface area is 237 Å². The highest BCUT2D eigenvalue weighted by Gasteiger charge is 2.31. The SMILES string of the molecule is CC[C@H](C(=O)NC(C)(C)C)N(Cc1c(Cl)cccc1Cl)C(=O)CCCN(c1ccc(C)c(C)c1)S(C)(=O)=O. The molecule has 7 nitrogen and oxygen atoms in total. The average molecular weight is 585 g/mol. The average Bonchev–Trinajstić information content (AvgIpc) is 2.78. The van der Waals surface area contributed by atoms with E-state index in [1.54, 1.807) is 24.3 Å². The predicted octanol–water partition coefficient (Wildman–Crippen LogP) is 5.88. The maximum Gasteiger partial charge on any atom is 0.243 e. The second kappa shape index (κ2) is 13.2. The molecule has 0 unspecified atom stereocenters. The number of hydrogen-bond acceptors (Lipinski definition) is 4. The molecule has 0 aliphatic rings. The summed E-state index contributed by atoms with van der Waals surface area (Å²) in [6.45, 7) is 11.5. The van der Waals surface area contributed by atoms with E-state index < -0.39 is 21.6 Å². The molecule has 2 amide bonds. The highest BCUT2D eigenvalue weighted by Crippen LogP contribution is 2.28. The Bertz CT molecular complexity index is 1240. The molecule has 0 aliphatic heterocycles. The molecular weight excluding hydrogens is 545 g/mol. The van der Waals surface area contributed by atoms with Gasteiger partial charge in [-0.2, -0.15) is 0 Å². The van der Waals surface area contributed by atoms with Crippen LogP contribution in [0.15, 0.2) is 36.4 Å². The molecule has 38 heavy (non-hydrogen) atoms. The molecule has 1 N–H and O–H groups in total. The van der Waals surface area contributed by atoms with E-state index in [1.165, 1.54) is 9.21 Å². The summed E-state index contributed by atoms with van der Waals surface area (Å²) < 4.78 is 26.5. The number of aryl methyl sites for hydroxylation is 2. The summed E-state index contributed by atoms with van der Waals surface area (Å²) >= 11 is 12.8. The maximum absolute atomic E-state index is 13.6. The molecule has 2 aromatic carbocycles. The lowest BCUT2D eigenvalue weighted by Crippen LogP contribution is -2.53. The van der Waals surface area contributed by atoms with E-state index in [9.17, 15) is 18.0 Å². The smallest absolute Gasteiger partial charge is 0.243 e. The molecule has 0 heterocycles. The summed E-state index contributed by atoms with van der Waals surface area (Å²) in [4.78, 5) is 28.3. The second-order valence-corrected chi connectivity index (χ2v) is 13.3. The Morgan fingerprint density at radius 3 is 2.13 bits per heavy atom.